The Balaban J connectivity index is 1.93. The van der Waals surface area contributed by atoms with Gasteiger partial charge in [-0.3, -0.25) is 9.78 Å². The average Bonchev–Trinajstić information content (AvgIpc) is 2.41. The molecule has 0 bridgehead atoms. The fourth-order valence-electron chi connectivity index (χ4n) is 1.79. The number of pyridine rings is 1. The van der Waals surface area contributed by atoms with Crippen LogP contribution in [0.25, 0.3) is 0 Å². The Morgan fingerprint density at radius 3 is 2.50 bits per heavy atom. The average molecular weight is 240 g/mol. The van der Waals surface area contributed by atoms with E-state index in [1.165, 1.54) is 0 Å². The molecular weight excluding hydrogens is 224 g/mol. The van der Waals surface area contributed by atoms with Crippen LogP contribution in [-0.2, 0) is 17.6 Å². The fourth-order valence-corrected chi connectivity index (χ4v) is 1.79. The molecule has 0 amide bonds. The lowest BCUT2D eigenvalue weighted by Gasteiger charge is -2.10. The van der Waals surface area contributed by atoms with E-state index in [9.17, 15) is 4.79 Å². The van der Waals surface area contributed by atoms with Gasteiger partial charge in [0.2, 0.25) is 0 Å². The molecule has 0 aliphatic heterocycles. The molecule has 0 radical (unpaired) electrons. The third kappa shape index (κ3) is 3.50. The molecule has 3 nitrogen and oxygen atoms in total. The maximum absolute atomic E-state index is 12.0. The third-order valence-corrected chi connectivity index (χ3v) is 2.79. The molecule has 0 spiro atoms. The van der Waals surface area contributed by atoms with E-state index >= 15 is 0 Å². The summed E-state index contributed by atoms with van der Waals surface area (Å²) in [6.07, 6.45) is 2.59. The van der Waals surface area contributed by atoms with Gasteiger partial charge in [-0.1, -0.05) is 36.4 Å². The summed E-state index contributed by atoms with van der Waals surface area (Å²) >= 11 is 0. The zero-order valence-corrected chi connectivity index (χ0v) is 10.1. The van der Waals surface area contributed by atoms with Crippen LogP contribution in [0.5, 0.6) is 0 Å². The summed E-state index contributed by atoms with van der Waals surface area (Å²) < 4.78 is 0. The van der Waals surface area contributed by atoms with E-state index in [2.05, 4.69) is 4.98 Å². The summed E-state index contributed by atoms with van der Waals surface area (Å²) in [6.45, 7) is 0. The molecule has 0 saturated carbocycles. The van der Waals surface area contributed by atoms with Crippen molar-refractivity contribution in [3.8, 4) is 0 Å². The van der Waals surface area contributed by atoms with E-state index in [1.54, 1.807) is 6.20 Å². The maximum atomic E-state index is 12.0. The normalized spacial score (nSPS) is 12.1. The van der Waals surface area contributed by atoms with Gasteiger partial charge in [-0.2, -0.15) is 0 Å². The third-order valence-electron chi connectivity index (χ3n) is 2.79. The second-order valence-corrected chi connectivity index (χ2v) is 4.26. The number of ketones is 1. The number of nitrogens with zero attached hydrogens (tertiary/aromatic N) is 1. The van der Waals surface area contributed by atoms with Crippen molar-refractivity contribution < 1.29 is 4.79 Å². The number of carbonyl (C=O) groups is 1. The number of carbonyl (C=O) groups excluding carboxylic acids is 1. The standard InChI is InChI=1S/C15H16N2O/c16-14(11-13-8-4-5-9-17-13)15(18)10-12-6-2-1-3-7-12/h1-9,14H,10-11,16H2. The monoisotopic (exact) mass is 240 g/mol. The molecule has 2 rings (SSSR count). The first-order valence-electron chi connectivity index (χ1n) is 5.98. The zero-order valence-electron chi connectivity index (χ0n) is 10.1. The summed E-state index contributed by atoms with van der Waals surface area (Å²) in [5, 5.41) is 0. The summed E-state index contributed by atoms with van der Waals surface area (Å²) in [5.41, 5.74) is 7.76. The van der Waals surface area contributed by atoms with E-state index in [4.69, 9.17) is 5.73 Å². The lowest BCUT2D eigenvalue weighted by molar-refractivity contribution is -0.119. The molecule has 0 aliphatic rings. The van der Waals surface area contributed by atoms with Gasteiger partial charge >= 0.3 is 0 Å². The number of nitrogens with two attached hydrogens (primary N) is 1. The smallest absolute Gasteiger partial charge is 0.154 e. The van der Waals surface area contributed by atoms with E-state index in [-0.39, 0.29) is 5.78 Å². The molecule has 3 heteroatoms. The van der Waals surface area contributed by atoms with Crippen molar-refractivity contribution in [3.63, 3.8) is 0 Å². The Morgan fingerprint density at radius 1 is 1.11 bits per heavy atom. The van der Waals surface area contributed by atoms with Gasteiger partial charge in [-0.15, -0.1) is 0 Å². The van der Waals surface area contributed by atoms with E-state index in [0.29, 0.717) is 12.8 Å². The second-order valence-electron chi connectivity index (χ2n) is 4.26. The predicted molar refractivity (Wildman–Crippen MR) is 71.1 cm³/mol. The molecule has 2 aromatic rings. The van der Waals surface area contributed by atoms with Crippen molar-refractivity contribution in [2.45, 2.75) is 18.9 Å². The van der Waals surface area contributed by atoms with Gasteiger partial charge in [0.1, 0.15) is 0 Å². The van der Waals surface area contributed by atoms with Gasteiger partial charge in [-0.05, 0) is 17.7 Å². The summed E-state index contributed by atoms with van der Waals surface area (Å²) in [5.74, 6) is 0.0480. The molecule has 1 unspecified atom stereocenters. The highest BCUT2D eigenvalue weighted by Crippen LogP contribution is 2.04. The maximum Gasteiger partial charge on any atom is 0.154 e. The topological polar surface area (TPSA) is 56.0 Å². The molecule has 0 aliphatic carbocycles. The molecule has 1 atom stereocenters. The number of Topliss-reactive ketones (excluding diaryl/α,β-unsaturated/α-hetero) is 1. The van der Waals surface area contributed by atoms with E-state index in [1.807, 2.05) is 48.5 Å². The molecule has 2 N–H and O–H groups in total. The van der Waals surface area contributed by atoms with Crippen LogP contribution >= 0.6 is 0 Å². The lowest BCUT2D eigenvalue weighted by atomic mass is 10.0. The Morgan fingerprint density at radius 2 is 1.83 bits per heavy atom. The zero-order chi connectivity index (χ0) is 12.8. The van der Waals surface area contributed by atoms with Crippen LogP contribution in [-0.4, -0.2) is 16.8 Å². The second kappa shape index (κ2) is 6.07. The number of aromatic nitrogens is 1. The highest BCUT2D eigenvalue weighted by Gasteiger charge is 2.14. The van der Waals surface area contributed by atoms with E-state index in [0.717, 1.165) is 11.3 Å². The highest BCUT2D eigenvalue weighted by molar-refractivity contribution is 5.86. The summed E-state index contributed by atoms with van der Waals surface area (Å²) in [7, 11) is 0. The van der Waals surface area contributed by atoms with Crippen LogP contribution in [0.3, 0.4) is 0 Å². The van der Waals surface area contributed by atoms with Gasteiger partial charge in [-0.25, -0.2) is 0 Å². The molecule has 1 aromatic heterocycles. The molecule has 0 fully saturated rings. The van der Waals surface area contributed by atoms with Crippen molar-refractivity contribution in [2.24, 2.45) is 5.73 Å². The van der Waals surface area contributed by atoms with Gasteiger partial charge in [0.05, 0.1) is 6.04 Å². The van der Waals surface area contributed by atoms with Crippen LogP contribution in [0.4, 0.5) is 0 Å². The Kier molecular flexibility index (Phi) is 4.20. The van der Waals surface area contributed by atoms with Gasteiger partial charge in [0.15, 0.2) is 5.78 Å². The van der Waals surface area contributed by atoms with Crippen LogP contribution in [0.2, 0.25) is 0 Å². The van der Waals surface area contributed by atoms with Crippen LogP contribution in [0, 0.1) is 0 Å². The SMILES string of the molecule is NC(Cc1ccccn1)C(=O)Cc1ccccc1. The number of rotatable bonds is 5. The minimum atomic E-state index is -0.486. The predicted octanol–water partition coefficient (Wildman–Crippen LogP) is 1.76. The minimum absolute atomic E-state index is 0.0480. The minimum Gasteiger partial charge on any atom is -0.321 e. The molecule has 1 aromatic carbocycles. The van der Waals surface area contributed by atoms with Crippen molar-refractivity contribution in [1.82, 2.24) is 4.98 Å². The van der Waals surface area contributed by atoms with Crippen molar-refractivity contribution in [2.75, 3.05) is 0 Å². The first-order valence-corrected chi connectivity index (χ1v) is 5.98. The lowest BCUT2D eigenvalue weighted by Crippen LogP contribution is -2.34. The molecule has 92 valence electrons. The first-order chi connectivity index (χ1) is 8.75. The molecule has 1 heterocycles. The van der Waals surface area contributed by atoms with Crippen LogP contribution < -0.4 is 5.73 Å². The fraction of sp³-hybridized carbons (Fsp3) is 0.200. The van der Waals surface area contributed by atoms with Gasteiger partial charge < -0.3 is 5.73 Å². The first kappa shape index (κ1) is 12.5. The van der Waals surface area contributed by atoms with Crippen molar-refractivity contribution in [1.29, 1.82) is 0 Å². The quantitative estimate of drug-likeness (QED) is 0.866. The summed E-state index contributed by atoms with van der Waals surface area (Å²) in [4.78, 5) is 16.1. The Bertz CT molecular complexity index is 496. The van der Waals surface area contributed by atoms with Crippen LogP contribution in [0.1, 0.15) is 11.3 Å². The molecule has 18 heavy (non-hydrogen) atoms. The molecular formula is C15H16N2O. The van der Waals surface area contributed by atoms with Gasteiger partial charge in [0.25, 0.3) is 0 Å². The summed E-state index contributed by atoms with van der Waals surface area (Å²) in [6, 6.07) is 14.8. The van der Waals surface area contributed by atoms with Crippen molar-refractivity contribution in [3.05, 3.63) is 66.0 Å². The van der Waals surface area contributed by atoms with Crippen molar-refractivity contribution >= 4 is 5.78 Å². The number of hydrogen-bond acceptors (Lipinski definition) is 3. The number of hydrogen-bond donors (Lipinski definition) is 1. The van der Waals surface area contributed by atoms with Gasteiger partial charge in [0, 0.05) is 24.7 Å². The Labute approximate surface area is 107 Å². The Hall–Kier alpha value is -2.00. The highest BCUT2D eigenvalue weighted by atomic mass is 16.1. The number of benzene rings is 1. The van der Waals surface area contributed by atoms with Crippen LogP contribution in [0.15, 0.2) is 54.7 Å². The largest absolute Gasteiger partial charge is 0.321 e. The van der Waals surface area contributed by atoms with E-state index < -0.39 is 6.04 Å². The molecule has 0 saturated heterocycles.